The molecule has 2 heterocycles. The van der Waals surface area contributed by atoms with E-state index in [1.54, 1.807) is 4.90 Å². The predicted molar refractivity (Wildman–Crippen MR) is 77.9 cm³/mol. The van der Waals surface area contributed by atoms with Gasteiger partial charge in [-0.3, -0.25) is 4.79 Å². The van der Waals surface area contributed by atoms with Crippen molar-refractivity contribution in [1.29, 1.82) is 0 Å². The molecular formula is C13H25N3O3S. The van der Waals surface area contributed by atoms with Gasteiger partial charge < -0.3 is 10.2 Å². The molecule has 20 heavy (non-hydrogen) atoms. The highest BCUT2D eigenvalue weighted by Crippen LogP contribution is 2.13. The van der Waals surface area contributed by atoms with E-state index in [1.807, 2.05) is 6.92 Å². The van der Waals surface area contributed by atoms with Crippen LogP contribution in [0.1, 0.15) is 32.6 Å². The van der Waals surface area contributed by atoms with Gasteiger partial charge in [-0.2, -0.15) is 4.31 Å². The third-order valence-electron chi connectivity index (χ3n) is 4.01. The molecule has 2 fully saturated rings. The molecule has 0 saturated carbocycles. The Morgan fingerprint density at radius 1 is 1.20 bits per heavy atom. The zero-order chi connectivity index (χ0) is 14.6. The van der Waals surface area contributed by atoms with Crippen LogP contribution in [0.2, 0.25) is 0 Å². The lowest BCUT2D eigenvalue weighted by atomic mass is 10.0. The molecule has 0 unspecified atom stereocenters. The standard InChI is InChI=1S/C13H25N3O3S/c1-2-11-20(18,19)16-9-7-15(8-10-16)13(17)12-5-3-4-6-14-12/h12,14H,2-11H2,1H3/t12-/m1/s1. The van der Waals surface area contributed by atoms with E-state index in [1.165, 1.54) is 4.31 Å². The highest BCUT2D eigenvalue weighted by molar-refractivity contribution is 7.89. The van der Waals surface area contributed by atoms with E-state index in [0.717, 1.165) is 25.8 Å². The van der Waals surface area contributed by atoms with Gasteiger partial charge in [-0.05, 0) is 25.8 Å². The molecule has 7 heteroatoms. The van der Waals surface area contributed by atoms with E-state index < -0.39 is 10.0 Å². The zero-order valence-electron chi connectivity index (χ0n) is 12.2. The Balaban J connectivity index is 1.86. The van der Waals surface area contributed by atoms with E-state index in [9.17, 15) is 13.2 Å². The van der Waals surface area contributed by atoms with E-state index in [0.29, 0.717) is 32.6 Å². The summed E-state index contributed by atoms with van der Waals surface area (Å²) in [6, 6.07) is -0.0671. The number of sulfonamides is 1. The van der Waals surface area contributed by atoms with Crippen LogP contribution in [-0.2, 0) is 14.8 Å². The molecule has 0 aliphatic carbocycles. The topological polar surface area (TPSA) is 69.7 Å². The number of piperidine rings is 1. The summed E-state index contributed by atoms with van der Waals surface area (Å²) in [7, 11) is -3.13. The highest BCUT2D eigenvalue weighted by atomic mass is 32.2. The van der Waals surface area contributed by atoms with Gasteiger partial charge in [-0.25, -0.2) is 8.42 Å². The average Bonchev–Trinajstić information content (AvgIpc) is 2.47. The van der Waals surface area contributed by atoms with E-state index in [2.05, 4.69) is 5.32 Å². The minimum Gasteiger partial charge on any atom is -0.339 e. The van der Waals surface area contributed by atoms with Gasteiger partial charge in [0.05, 0.1) is 11.8 Å². The van der Waals surface area contributed by atoms with Gasteiger partial charge in [0, 0.05) is 26.2 Å². The molecule has 2 rings (SSSR count). The molecule has 2 saturated heterocycles. The summed E-state index contributed by atoms with van der Waals surface area (Å²) in [6.45, 7) is 4.66. The predicted octanol–water partition coefficient (Wildman–Crippen LogP) is 0.0125. The fraction of sp³-hybridized carbons (Fsp3) is 0.923. The van der Waals surface area contributed by atoms with Crippen molar-refractivity contribution < 1.29 is 13.2 Å². The lowest BCUT2D eigenvalue weighted by molar-refractivity contribution is -0.135. The molecule has 0 spiro atoms. The second kappa shape index (κ2) is 6.87. The maximum Gasteiger partial charge on any atom is 0.239 e. The maximum atomic E-state index is 12.3. The number of nitrogens with zero attached hydrogens (tertiary/aromatic N) is 2. The van der Waals surface area contributed by atoms with Crippen LogP contribution in [0.3, 0.4) is 0 Å². The van der Waals surface area contributed by atoms with Crippen molar-refractivity contribution in [3.8, 4) is 0 Å². The fourth-order valence-corrected chi connectivity index (χ4v) is 4.35. The van der Waals surface area contributed by atoms with Crippen molar-refractivity contribution in [2.24, 2.45) is 0 Å². The fourth-order valence-electron chi connectivity index (χ4n) is 2.86. The average molecular weight is 303 g/mol. The third kappa shape index (κ3) is 3.71. The van der Waals surface area contributed by atoms with Gasteiger partial charge in [-0.15, -0.1) is 0 Å². The molecule has 0 aromatic heterocycles. The number of amides is 1. The first kappa shape index (κ1) is 15.7. The number of rotatable bonds is 4. The van der Waals surface area contributed by atoms with Gasteiger partial charge >= 0.3 is 0 Å². The Bertz CT molecular complexity index is 424. The number of nitrogens with one attached hydrogen (secondary N) is 1. The monoisotopic (exact) mass is 303 g/mol. The van der Waals surface area contributed by atoms with Crippen LogP contribution < -0.4 is 5.32 Å². The minimum atomic E-state index is -3.13. The Kier molecular flexibility index (Phi) is 5.40. The van der Waals surface area contributed by atoms with Gasteiger partial charge in [-0.1, -0.05) is 13.3 Å². The number of hydrogen-bond donors (Lipinski definition) is 1. The van der Waals surface area contributed by atoms with Crippen molar-refractivity contribution in [2.45, 2.75) is 38.6 Å². The molecule has 2 aliphatic heterocycles. The Morgan fingerprint density at radius 2 is 1.90 bits per heavy atom. The largest absolute Gasteiger partial charge is 0.339 e. The second-order valence-electron chi connectivity index (χ2n) is 5.54. The van der Waals surface area contributed by atoms with Gasteiger partial charge in [0.15, 0.2) is 0 Å². The van der Waals surface area contributed by atoms with Crippen LogP contribution >= 0.6 is 0 Å². The van der Waals surface area contributed by atoms with Crippen LogP contribution in [0.25, 0.3) is 0 Å². The van der Waals surface area contributed by atoms with Crippen molar-refractivity contribution in [1.82, 2.24) is 14.5 Å². The molecule has 0 radical (unpaired) electrons. The van der Waals surface area contributed by atoms with E-state index >= 15 is 0 Å². The first-order chi connectivity index (χ1) is 9.54. The quantitative estimate of drug-likeness (QED) is 0.794. The van der Waals surface area contributed by atoms with Gasteiger partial charge in [0.1, 0.15) is 0 Å². The van der Waals surface area contributed by atoms with Crippen LogP contribution in [0.4, 0.5) is 0 Å². The number of hydrogen-bond acceptors (Lipinski definition) is 4. The molecule has 6 nitrogen and oxygen atoms in total. The third-order valence-corrected chi connectivity index (χ3v) is 6.09. The van der Waals surface area contributed by atoms with Crippen molar-refractivity contribution in [3.63, 3.8) is 0 Å². The normalized spacial score (nSPS) is 25.6. The Labute approximate surface area is 121 Å². The number of carbonyl (C=O) groups is 1. The molecule has 0 aromatic rings. The summed E-state index contributed by atoms with van der Waals surface area (Å²) < 4.78 is 25.5. The summed E-state index contributed by atoms with van der Waals surface area (Å²) in [4.78, 5) is 14.1. The molecule has 1 atom stereocenters. The van der Waals surface area contributed by atoms with Crippen molar-refractivity contribution in [3.05, 3.63) is 0 Å². The lowest BCUT2D eigenvalue weighted by Crippen LogP contribution is -2.56. The van der Waals surface area contributed by atoms with Crippen LogP contribution in [-0.4, -0.2) is 68.0 Å². The SMILES string of the molecule is CCCS(=O)(=O)N1CCN(C(=O)[C@H]2CCCCN2)CC1. The van der Waals surface area contributed by atoms with Crippen LogP contribution in [0.5, 0.6) is 0 Å². The van der Waals surface area contributed by atoms with Gasteiger partial charge in [0.2, 0.25) is 15.9 Å². The molecule has 1 N–H and O–H groups in total. The molecule has 2 aliphatic rings. The molecule has 0 aromatic carbocycles. The summed E-state index contributed by atoms with van der Waals surface area (Å²) in [5.74, 6) is 0.336. The highest BCUT2D eigenvalue weighted by Gasteiger charge is 2.31. The second-order valence-corrected chi connectivity index (χ2v) is 7.63. The summed E-state index contributed by atoms with van der Waals surface area (Å²) >= 11 is 0. The van der Waals surface area contributed by atoms with E-state index in [-0.39, 0.29) is 17.7 Å². The smallest absolute Gasteiger partial charge is 0.239 e. The zero-order valence-corrected chi connectivity index (χ0v) is 13.0. The molecular weight excluding hydrogens is 278 g/mol. The minimum absolute atomic E-state index is 0.0671. The maximum absolute atomic E-state index is 12.3. The van der Waals surface area contributed by atoms with Crippen LogP contribution in [0.15, 0.2) is 0 Å². The Hall–Kier alpha value is -0.660. The summed E-state index contributed by atoms with van der Waals surface area (Å²) in [6.07, 6.45) is 3.75. The first-order valence-electron chi connectivity index (χ1n) is 7.54. The van der Waals surface area contributed by atoms with E-state index in [4.69, 9.17) is 0 Å². The van der Waals surface area contributed by atoms with Crippen molar-refractivity contribution in [2.75, 3.05) is 38.5 Å². The van der Waals surface area contributed by atoms with Crippen LogP contribution in [0, 0.1) is 0 Å². The molecule has 116 valence electrons. The van der Waals surface area contributed by atoms with Gasteiger partial charge in [0.25, 0.3) is 0 Å². The number of carbonyl (C=O) groups excluding carboxylic acids is 1. The first-order valence-corrected chi connectivity index (χ1v) is 9.15. The molecule has 1 amide bonds. The summed E-state index contributed by atoms with van der Waals surface area (Å²) in [5.41, 5.74) is 0. The molecule has 0 bridgehead atoms. The van der Waals surface area contributed by atoms with Crippen molar-refractivity contribution >= 4 is 15.9 Å². The number of piperazine rings is 1. The summed E-state index contributed by atoms with van der Waals surface area (Å²) in [5, 5.41) is 3.25. The lowest BCUT2D eigenvalue weighted by Gasteiger charge is -2.36. The Morgan fingerprint density at radius 3 is 2.45 bits per heavy atom.